The van der Waals surface area contributed by atoms with Gasteiger partial charge in [0.15, 0.2) is 0 Å². The molecule has 1 aliphatic carbocycles. The molecule has 28 heavy (non-hydrogen) atoms. The molecule has 2 aromatic rings. The summed E-state index contributed by atoms with van der Waals surface area (Å²) < 4.78 is 25.6. The van der Waals surface area contributed by atoms with Crippen LogP contribution in [-0.2, 0) is 27.7 Å². The standard InChI is InChI=1S/C22H28N2O3S/c1-16-7-6-10-21(13-16)24(28(3,26)27)15-22(25)23-17(2)19-12-11-18-8-4-5-9-20(18)14-19/h6-7,10-14,17H,4-5,8-9,15H2,1-3H3,(H,23,25)/t17-/m1/s1. The lowest BCUT2D eigenvalue weighted by Gasteiger charge is -2.24. The number of amides is 1. The Morgan fingerprint density at radius 1 is 1.11 bits per heavy atom. The maximum absolute atomic E-state index is 12.6. The van der Waals surface area contributed by atoms with Gasteiger partial charge in [0, 0.05) is 0 Å². The molecule has 0 spiro atoms. The molecular weight excluding hydrogens is 372 g/mol. The number of fused-ring (bicyclic) bond motifs is 1. The minimum Gasteiger partial charge on any atom is -0.348 e. The average molecular weight is 401 g/mol. The second kappa shape index (κ2) is 8.35. The lowest BCUT2D eigenvalue weighted by Crippen LogP contribution is -2.41. The zero-order valence-corrected chi connectivity index (χ0v) is 17.6. The smallest absolute Gasteiger partial charge is 0.241 e. The van der Waals surface area contributed by atoms with Crippen LogP contribution in [0.3, 0.4) is 0 Å². The third-order valence-corrected chi connectivity index (χ3v) is 6.37. The van der Waals surface area contributed by atoms with Gasteiger partial charge in [0.2, 0.25) is 15.9 Å². The fourth-order valence-electron chi connectivity index (χ4n) is 3.71. The van der Waals surface area contributed by atoms with Gasteiger partial charge in [-0.1, -0.05) is 30.3 Å². The van der Waals surface area contributed by atoms with Crippen LogP contribution in [-0.4, -0.2) is 27.1 Å². The topological polar surface area (TPSA) is 66.5 Å². The van der Waals surface area contributed by atoms with Gasteiger partial charge in [-0.3, -0.25) is 9.10 Å². The number of nitrogens with zero attached hydrogens (tertiary/aromatic N) is 1. The SMILES string of the molecule is Cc1cccc(N(CC(=O)N[C@H](C)c2ccc3c(c2)CCCC3)S(C)(=O)=O)c1. The first-order valence-corrected chi connectivity index (χ1v) is 11.5. The molecular formula is C22H28N2O3S. The van der Waals surface area contributed by atoms with Crippen molar-refractivity contribution >= 4 is 21.6 Å². The normalized spacial score (nSPS) is 14.8. The molecule has 2 aromatic carbocycles. The van der Waals surface area contributed by atoms with Gasteiger partial charge in [-0.15, -0.1) is 0 Å². The van der Waals surface area contributed by atoms with E-state index in [0.29, 0.717) is 5.69 Å². The van der Waals surface area contributed by atoms with E-state index in [0.717, 1.165) is 34.5 Å². The highest BCUT2D eigenvalue weighted by atomic mass is 32.2. The maximum Gasteiger partial charge on any atom is 0.241 e. The van der Waals surface area contributed by atoms with Gasteiger partial charge >= 0.3 is 0 Å². The van der Waals surface area contributed by atoms with E-state index in [1.54, 1.807) is 18.2 Å². The molecule has 6 heteroatoms. The lowest BCUT2D eigenvalue weighted by atomic mass is 9.89. The molecule has 0 saturated heterocycles. The van der Waals surface area contributed by atoms with Crippen molar-refractivity contribution in [2.45, 2.75) is 45.6 Å². The summed E-state index contributed by atoms with van der Waals surface area (Å²) in [7, 11) is -3.57. The van der Waals surface area contributed by atoms with Crippen LogP contribution in [0.25, 0.3) is 0 Å². The number of carbonyl (C=O) groups excluding carboxylic acids is 1. The van der Waals surface area contributed by atoms with Gasteiger partial charge in [0.1, 0.15) is 6.54 Å². The Kier molecular flexibility index (Phi) is 6.08. The van der Waals surface area contributed by atoms with E-state index >= 15 is 0 Å². The van der Waals surface area contributed by atoms with Crippen molar-refractivity contribution in [1.82, 2.24) is 5.32 Å². The van der Waals surface area contributed by atoms with Crippen LogP contribution in [0.1, 0.15) is 48.1 Å². The molecule has 0 bridgehead atoms. The monoisotopic (exact) mass is 400 g/mol. The fourth-order valence-corrected chi connectivity index (χ4v) is 4.55. The largest absolute Gasteiger partial charge is 0.348 e. The molecule has 0 unspecified atom stereocenters. The summed E-state index contributed by atoms with van der Waals surface area (Å²) in [6.45, 7) is 3.58. The Hall–Kier alpha value is -2.34. The highest BCUT2D eigenvalue weighted by Gasteiger charge is 2.22. The lowest BCUT2D eigenvalue weighted by molar-refractivity contribution is -0.120. The molecule has 1 amide bonds. The summed E-state index contributed by atoms with van der Waals surface area (Å²) >= 11 is 0. The van der Waals surface area contributed by atoms with E-state index in [2.05, 4.69) is 23.5 Å². The van der Waals surface area contributed by atoms with Gasteiger partial charge in [-0.05, 0) is 73.9 Å². The number of rotatable bonds is 6. The van der Waals surface area contributed by atoms with E-state index in [4.69, 9.17) is 0 Å². The summed E-state index contributed by atoms with van der Waals surface area (Å²) in [6, 6.07) is 13.4. The number of benzene rings is 2. The minimum atomic E-state index is -3.57. The minimum absolute atomic E-state index is 0.182. The second-order valence-electron chi connectivity index (χ2n) is 7.63. The van der Waals surface area contributed by atoms with Crippen LogP contribution < -0.4 is 9.62 Å². The van der Waals surface area contributed by atoms with Crippen molar-refractivity contribution in [1.29, 1.82) is 0 Å². The molecule has 1 N–H and O–H groups in total. The van der Waals surface area contributed by atoms with Gasteiger partial charge in [-0.25, -0.2) is 8.42 Å². The van der Waals surface area contributed by atoms with E-state index in [-0.39, 0.29) is 18.5 Å². The van der Waals surface area contributed by atoms with Crippen LogP contribution in [0.5, 0.6) is 0 Å². The van der Waals surface area contributed by atoms with Crippen molar-refractivity contribution in [3.8, 4) is 0 Å². The van der Waals surface area contributed by atoms with Crippen molar-refractivity contribution in [3.63, 3.8) is 0 Å². The zero-order valence-electron chi connectivity index (χ0n) is 16.7. The van der Waals surface area contributed by atoms with Gasteiger partial charge in [0.25, 0.3) is 0 Å². The van der Waals surface area contributed by atoms with Gasteiger partial charge in [0.05, 0.1) is 18.0 Å². The van der Waals surface area contributed by atoms with Crippen molar-refractivity contribution in [2.75, 3.05) is 17.1 Å². The number of nitrogens with one attached hydrogen (secondary N) is 1. The predicted molar refractivity (Wildman–Crippen MR) is 113 cm³/mol. The molecule has 0 saturated carbocycles. The summed E-state index contributed by atoms with van der Waals surface area (Å²) in [4.78, 5) is 12.6. The van der Waals surface area contributed by atoms with E-state index in [1.165, 1.54) is 24.0 Å². The Morgan fingerprint density at radius 2 is 1.82 bits per heavy atom. The first-order chi connectivity index (χ1) is 13.2. The summed E-state index contributed by atoms with van der Waals surface area (Å²) in [5.74, 6) is -0.322. The van der Waals surface area contributed by atoms with E-state index in [9.17, 15) is 13.2 Å². The molecule has 0 aliphatic heterocycles. The van der Waals surface area contributed by atoms with Crippen LogP contribution >= 0.6 is 0 Å². The number of carbonyl (C=O) groups is 1. The summed E-state index contributed by atoms with van der Waals surface area (Å²) in [6.07, 6.45) is 5.76. The molecule has 1 aliphatic rings. The molecule has 0 aromatic heterocycles. The zero-order chi connectivity index (χ0) is 20.3. The van der Waals surface area contributed by atoms with Crippen molar-refractivity contribution < 1.29 is 13.2 Å². The van der Waals surface area contributed by atoms with Crippen molar-refractivity contribution in [2.24, 2.45) is 0 Å². The highest BCUT2D eigenvalue weighted by Crippen LogP contribution is 2.25. The number of sulfonamides is 1. The van der Waals surface area contributed by atoms with Crippen LogP contribution in [0.15, 0.2) is 42.5 Å². The Bertz CT molecular complexity index is 969. The molecule has 5 nitrogen and oxygen atoms in total. The third kappa shape index (κ3) is 4.93. The van der Waals surface area contributed by atoms with Gasteiger partial charge in [-0.2, -0.15) is 0 Å². The van der Waals surface area contributed by atoms with Crippen LogP contribution in [0.2, 0.25) is 0 Å². The molecule has 150 valence electrons. The first-order valence-electron chi connectivity index (χ1n) is 9.69. The summed E-state index contributed by atoms with van der Waals surface area (Å²) in [5.41, 5.74) is 5.25. The number of hydrogen-bond donors (Lipinski definition) is 1. The first kappa shape index (κ1) is 20.4. The Morgan fingerprint density at radius 3 is 2.50 bits per heavy atom. The number of hydrogen-bond acceptors (Lipinski definition) is 3. The molecule has 0 heterocycles. The molecule has 0 radical (unpaired) electrons. The molecule has 1 atom stereocenters. The highest BCUT2D eigenvalue weighted by molar-refractivity contribution is 7.92. The van der Waals surface area contributed by atoms with E-state index < -0.39 is 10.0 Å². The predicted octanol–water partition coefficient (Wildman–Crippen LogP) is 3.52. The second-order valence-corrected chi connectivity index (χ2v) is 9.54. The molecule has 3 rings (SSSR count). The average Bonchev–Trinajstić information content (AvgIpc) is 2.64. The van der Waals surface area contributed by atoms with E-state index in [1.807, 2.05) is 19.9 Å². The summed E-state index contributed by atoms with van der Waals surface area (Å²) in [5, 5.41) is 2.94. The Balaban J connectivity index is 1.72. The fraction of sp³-hybridized carbons (Fsp3) is 0.409. The Labute approximate surface area is 167 Å². The quantitative estimate of drug-likeness (QED) is 0.807. The third-order valence-electron chi connectivity index (χ3n) is 5.23. The number of anilines is 1. The van der Waals surface area contributed by atoms with Crippen LogP contribution in [0.4, 0.5) is 5.69 Å². The van der Waals surface area contributed by atoms with Crippen molar-refractivity contribution in [3.05, 3.63) is 64.7 Å². The maximum atomic E-state index is 12.6. The van der Waals surface area contributed by atoms with Crippen LogP contribution in [0, 0.1) is 6.92 Å². The van der Waals surface area contributed by atoms with Gasteiger partial charge < -0.3 is 5.32 Å². The number of aryl methyl sites for hydroxylation is 3. The molecule has 0 fully saturated rings.